The van der Waals surface area contributed by atoms with E-state index in [2.05, 4.69) is 15.0 Å². The third-order valence-electron chi connectivity index (χ3n) is 4.41. The van der Waals surface area contributed by atoms with Crippen LogP contribution in [0.5, 0.6) is 0 Å². The molecule has 3 rings (SSSR count). The largest absolute Gasteiger partial charge is 0.378 e. The van der Waals surface area contributed by atoms with E-state index in [4.69, 9.17) is 9.26 Å². The highest BCUT2D eigenvalue weighted by molar-refractivity contribution is 5.95. The van der Waals surface area contributed by atoms with E-state index in [1.54, 1.807) is 7.11 Å². The van der Waals surface area contributed by atoms with E-state index < -0.39 is 0 Å². The summed E-state index contributed by atoms with van der Waals surface area (Å²) in [7, 11) is 5.54. The Morgan fingerprint density at radius 3 is 2.73 bits per heavy atom. The number of carbonyl (C=O) groups excluding carboxylic acids is 1. The van der Waals surface area contributed by atoms with Crippen LogP contribution >= 0.6 is 0 Å². The lowest BCUT2D eigenvalue weighted by molar-refractivity contribution is 0.0615. The molecule has 1 amide bonds. The van der Waals surface area contributed by atoms with Gasteiger partial charge in [-0.1, -0.05) is 11.2 Å². The first-order chi connectivity index (χ1) is 12.6. The Morgan fingerprint density at radius 2 is 2.04 bits per heavy atom. The van der Waals surface area contributed by atoms with Crippen LogP contribution in [-0.2, 0) is 17.9 Å². The van der Waals surface area contributed by atoms with Crippen molar-refractivity contribution in [2.75, 3.05) is 52.3 Å². The summed E-state index contributed by atoms with van der Waals surface area (Å²) in [4.78, 5) is 23.1. The summed E-state index contributed by atoms with van der Waals surface area (Å²) in [5.41, 5.74) is 1.75. The molecule has 0 aliphatic carbocycles. The molecule has 0 spiro atoms. The van der Waals surface area contributed by atoms with E-state index in [9.17, 15) is 4.79 Å². The maximum Gasteiger partial charge on any atom is 0.254 e. The highest BCUT2D eigenvalue weighted by Gasteiger charge is 2.23. The number of rotatable bonds is 6. The maximum atomic E-state index is 12.7. The predicted molar refractivity (Wildman–Crippen MR) is 97.0 cm³/mol. The molecule has 2 aromatic rings. The van der Waals surface area contributed by atoms with Gasteiger partial charge in [0.05, 0.1) is 6.54 Å². The number of amides is 1. The van der Waals surface area contributed by atoms with Gasteiger partial charge in [-0.25, -0.2) is 0 Å². The summed E-state index contributed by atoms with van der Waals surface area (Å²) >= 11 is 0. The van der Waals surface area contributed by atoms with Crippen molar-refractivity contribution < 1.29 is 14.1 Å². The SMILES string of the molecule is COCc1noc(CN2CCN(C(=O)c3cccc(N(C)C)c3)CC2)n1. The number of nitrogens with zero attached hydrogens (tertiary/aromatic N) is 5. The Hall–Kier alpha value is -2.45. The van der Waals surface area contributed by atoms with Gasteiger partial charge in [0.1, 0.15) is 6.61 Å². The van der Waals surface area contributed by atoms with Gasteiger partial charge in [0.25, 0.3) is 5.91 Å². The quantitative estimate of drug-likeness (QED) is 0.768. The molecule has 1 aromatic carbocycles. The van der Waals surface area contributed by atoms with Crippen molar-refractivity contribution in [2.24, 2.45) is 0 Å². The van der Waals surface area contributed by atoms with Crippen LogP contribution < -0.4 is 4.90 Å². The Balaban J connectivity index is 1.54. The maximum absolute atomic E-state index is 12.7. The number of hydrogen-bond donors (Lipinski definition) is 0. The van der Waals surface area contributed by atoms with E-state index in [0.717, 1.165) is 24.3 Å². The van der Waals surface area contributed by atoms with Crippen LogP contribution in [0.2, 0.25) is 0 Å². The Bertz CT molecular complexity index is 738. The molecular weight excluding hydrogens is 334 g/mol. The van der Waals surface area contributed by atoms with E-state index in [1.807, 2.05) is 48.2 Å². The highest BCUT2D eigenvalue weighted by Crippen LogP contribution is 2.16. The molecular formula is C18H25N5O3. The predicted octanol–water partition coefficient (Wildman–Crippen LogP) is 1.24. The third kappa shape index (κ3) is 4.39. The standard InChI is InChI=1S/C18H25N5O3/c1-21(2)15-6-4-5-14(11-15)18(24)23-9-7-22(8-10-23)12-17-19-16(13-25-3)20-26-17/h4-6,11H,7-10,12-13H2,1-3H3. The molecule has 0 bridgehead atoms. The molecule has 8 nitrogen and oxygen atoms in total. The van der Waals surface area contributed by atoms with E-state index in [0.29, 0.717) is 38.0 Å². The Morgan fingerprint density at radius 1 is 1.27 bits per heavy atom. The zero-order valence-corrected chi connectivity index (χ0v) is 15.5. The fraction of sp³-hybridized carbons (Fsp3) is 0.500. The highest BCUT2D eigenvalue weighted by atomic mass is 16.5. The number of anilines is 1. The molecule has 0 saturated carbocycles. The van der Waals surface area contributed by atoms with Gasteiger partial charge >= 0.3 is 0 Å². The minimum atomic E-state index is 0.0773. The number of piperazine rings is 1. The fourth-order valence-corrected chi connectivity index (χ4v) is 2.94. The van der Waals surface area contributed by atoms with Crippen LogP contribution in [0.15, 0.2) is 28.8 Å². The summed E-state index contributed by atoms with van der Waals surface area (Å²) in [5.74, 6) is 1.21. The monoisotopic (exact) mass is 359 g/mol. The van der Waals surface area contributed by atoms with Gasteiger partial charge in [-0.15, -0.1) is 0 Å². The number of aromatic nitrogens is 2. The van der Waals surface area contributed by atoms with Crippen molar-refractivity contribution in [1.29, 1.82) is 0 Å². The van der Waals surface area contributed by atoms with Gasteiger partial charge in [-0.3, -0.25) is 9.69 Å². The van der Waals surface area contributed by atoms with Gasteiger partial charge in [0, 0.05) is 58.6 Å². The van der Waals surface area contributed by atoms with Crippen molar-refractivity contribution in [3.8, 4) is 0 Å². The van der Waals surface area contributed by atoms with Gasteiger partial charge in [-0.05, 0) is 18.2 Å². The van der Waals surface area contributed by atoms with Crippen LogP contribution in [0.1, 0.15) is 22.1 Å². The van der Waals surface area contributed by atoms with Crippen LogP contribution in [0.4, 0.5) is 5.69 Å². The van der Waals surface area contributed by atoms with Crippen LogP contribution in [0, 0.1) is 0 Å². The second kappa shape index (κ2) is 8.29. The first-order valence-electron chi connectivity index (χ1n) is 8.66. The second-order valence-electron chi connectivity index (χ2n) is 6.55. The summed E-state index contributed by atoms with van der Waals surface area (Å²) in [6, 6.07) is 7.73. The topological polar surface area (TPSA) is 74.9 Å². The summed E-state index contributed by atoms with van der Waals surface area (Å²) in [6.07, 6.45) is 0. The van der Waals surface area contributed by atoms with Crippen molar-refractivity contribution in [3.63, 3.8) is 0 Å². The van der Waals surface area contributed by atoms with Crippen molar-refractivity contribution in [1.82, 2.24) is 19.9 Å². The fourth-order valence-electron chi connectivity index (χ4n) is 2.94. The molecule has 140 valence electrons. The molecule has 0 unspecified atom stereocenters. The first-order valence-corrected chi connectivity index (χ1v) is 8.66. The number of ether oxygens (including phenoxy) is 1. The molecule has 26 heavy (non-hydrogen) atoms. The Kier molecular flexibility index (Phi) is 5.85. The van der Waals surface area contributed by atoms with Crippen molar-refractivity contribution >= 4 is 11.6 Å². The normalized spacial score (nSPS) is 15.3. The number of methoxy groups -OCH3 is 1. The molecule has 0 radical (unpaired) electrons. The minimum absolute atomic E-state index is 0.0773. The molecule has 1 fully saturated rings. The molecule has 1 aromatic heterocycles. The van der Waals surface area contributed by atoms with E-state index in [1.165, 1.54) is 0 Å². The summed E-state index contributed by atoms with van der Waals surface area (Å²) in [5, 5.41) is 3.87. The van der Waals surface area contributed by atoms with Crippen LogP contribution in [-0.4, -0.2) is 73.2 Å². The van der Waals surface area contributed by atoms with Gasteiger partial charge in [-0.2, -0.15) is 4.98 Å². The minimum Gasteiger partial charge on any atom is -0.378 e. The van der Waals surface area contributed by atoms with Crippen molar-refractivity contribution in [2.45, 2.75) is 13.2 Å². The number of hydrogen-bond acceptors (Lipinski definition) is 7. The molecule has 1 aliphatic rings. The number of carbonyl (C=O) groups is 1. The van der Waals surface area contributed by atoms with Gasteiger partial charge in [0.15, 0.2) is 5.82 Å². The van der Waals surface area contributed by atoms with Gasteiger partial charge < -0.3 is 19.1 Å². The lowest BCUT2D eigenvalue weighted by Gasteiger charge is -2.34. The van der Waals surface area contributed by atoms with E-state index in [-0.39, 0.29) is 5.91 Å². The third-order valence-corrected chi connectivity index (χ3v) is 4.41. The lowest BCUT2D eigenvalue weighted by atomic mass is 10.1. The van der Waals surface area contributed by atoms with Crippen LogP contribution in [0.3, 0.4) is 0 Å². The molecule has 0 atom stereocenters. The summed E-state index contributed by atoms with van der Waals surface area (Å²) < 4.78 is 10.2. The molecule has 2 heterocycles. The number of benzene rings is 1. The molecule has 0 N–H and O–H groups in total. The second-order valence-corrected chi connectivity index (χ2v) is 6.55. The smallest absolute Gasteiger partial charge is 0.254 e. The molecule has 1 saturated heterocycles. The van der Waals surface area contributed by atoms with Gasteiger partial charge in [0.2, 0.25) is 5.89 Å². The molecule has 1 aliphatic heterocycles. The van der Waals surface area contributed by atoms with Crippen molar-refractivity contribution in [3.05, 3.63) is 41.5 Å². The average Bonchev–Trinajstić information content (AvgIpc) is 3.09. The zero-order valence-electron chi connectivity index (χ0n) is 15.5. The Labute approximate surface area is 153 Å². The first kappa shape index (κ1) is 18.3. The van der Waals surface area contributed by atoms with E-state index >= 15 is 0 Å². The molecule has 8 heteroatoms. The zero-order chi connectivity index (χ0) is 18.5. The summed E-state index contributed by atoms with van der Waals surface area (Å²) in [6.45, 7) is 3.86. The average molecular weight is 359 g/mol. The lowest BCUT2D eigenvalue weighted by Crippen LogP contribution is -2.48. The van der Waals surface area contributed by atoms with Crippen LogP contribution in [0.25, 0.3) is 0 Å².